The van der Waals surface area contributed by atoms with Crippen LogP contribution in [0.1, 0.15) is 15.9 Å². The second-order valence-corrected chi connectivity index (χ2v) is 7.12. The highest BCUT2D eigenvalue weighted by atomic mass is 35.5. The normalized spacial score (nSPS) is 14.8. The summed E-state index contributed by atoms with van der Waals surface area (Å²) in [6, 6.07) is 7.13. The number of nitro groups is 1. The Morgan fingerprint density at radius 3 is 2.31 bits per heavy atom. The molecule has 1 saturated heterocycles. The number of benzene rings is 2. The summed E-state index contributed by atoms with van der Waals surface area (Å²) in [5.41, 5.74) is -1.39. The van der Waals surface area contributed by atoms with Crippen LogP contribution in [0.25, 0.3) is 0 Å². The van der Waals surface area contributed by atoms with E-state index in [0.717, 1.165) is 12.1 Å². The van der Waals surface area contributed by atoms with Gasteiger partial charge in [-0.1, -0.05) is 29.3 Å². The molecular formula is C18H14Cl2F3N3O3. The molecule has 0 aliphatic carbocycles. The Morgan fingerprint density at radius 1 is 1.07 bits per heavy atom. The molecule has 2 aromatic rings. The summed E-state index contributed by atoms with van der Waals surface area (Å²) in [6.07, 6.45) is -4.68. The van der Waals surface area contributed by atoms with Gasteiger partial charge in [0, 0.05) is 32.2 Å². The third kappa shape index (κ3) is 4.40. The zero-order chi connectivity index (χ0) is 21.3. The van der Waals surface area contributed by atoms with E-state index in [1.807, 2.05) is 0 Å². The van der Waals surface area contributed by atoms with Gasteiger partial charge >= 0.3 is 6.18 Å². The van der Waals surface area contributed by atoms with Crippen LogP contribution in [0.4, 0.5) is 24.5 Å². The van der Waals surface area contributed by atoms with E-state index >= 15 is 0 Å². The molecule has 29 heavy (non-hydrogen) atoms. The standard InChI is InChI=1S/C18H14Cl2F3N3O3/c19-13-3-1-2-12(16(13)20)17(27)25-8-6-24(7-9-25)14-5-4-11(18(21,22)23)10-15(14)26(28)29/h1-5,10H,6-9H2. The van der Waals surface area contributed by atoms with Crippen molar-refractivity contribution in [3.63, 3.8) is 0 Å². The number of amides is 1. The molecule has 0 N–H and O–H groups in total. The molecule has 0 saturated carbocycles. The minimum Gasteiger partial charge on any atom is -0.362 e. The van der Waals surface area contributed by atoms with E-state index in [1.165, 1.54) is 4.90 Å². The van der Waals surface area contributed by atoms with Gasteiger partial charge in [0.2, 0.25) is 0 Å². The minimum atomic E-state index is -4.68. The number of carbonyl (C=O) groups excluding carboxylic acids is 1. The Bertz CT molecular complexity index is 961. The number of alkyl halides is 3. The van der Waals surface area contributed by atoms with Crippen LogP contribution in [-0.2, 0) is 6.18 Å². The van der Waals surface area contributed by atoms with Gasteiger partial charge in [-0.2, -0.15) is 13.2 Å². The number of hydrogen-bond acceptors (Lipinski definition) is 4. The van der Waals surface area contributed by atoms with Crippen LogP contribution in [0.15, 0.2) is 36.4 Å². The zero-order valence-electron chi connectivity index (χ0n) is 14.7. The Balaban J connectivity index is 1.78. The fourth-order valence-electron chi connectivity index (χ4n) is 3.10. The quantitative estimate of drug-likeness (QED) is 0.496. The lowest BCUT2D eigenvalue weighted by atomic mass is 10.1. The van der Waals surface area contributed by atoms with Crippen molar-refractivity contribution in [1.82, 2.24) is 4.90 Å². The topological polar surface area (TPSA) is 66.7 Å². The summed E-state index contributed by atoms with van der Waals surface area (Å²) in [5, 5.41) is 11.7. The Kier molecular flexibility index (Phi) is 5.90. The van der Waals surface area contributed by atoms with Crippen molar-refractivity contribution in [2.24, 2.45) is 0 Å². The second-order valence-electron chi connectivity index (χ2n) is 6.34. The highest BCUT2D eigenvalue weighted by Crippen LogP contribution is 2.37. The molecule has 1 aliphatic heterocycles. The summed E-state index contributed by atoms with van der Waals surface area (Å²) >= 11 is 12.0. The molecule has 1 amide bonds. The van der Waals surface area contributed by atoms with E-state index in [-0.39, 0.29) is 53.4 Å². The average molecular weight is 448 g/mol. The van der Waals surface area contributed by atoms with Crippen molar-refractivity contribution in [3.05, 3.63) is 67.7 Å². The lowest BCUT2D eigenvalue weighted by Crippen LogP contribution is -2.49. The first-order valence-electron chi connectivity index (χ1n) is 8.43. The lowest BCUT2D eigenvalue weighted by Gasteiger charge is -2.36. The predicted molar refractivity (Wildman–Crippen MR) is 103 cm³/mol. The van der Waals surface area contributed by atoms with E-state index in [0.29, 0.717) is 6.07 Å². The van der Waals surface area contributed by atoms with Gasteiger partial charge in [0.05, 0.1) is 26.1 Å². The predicted octanol–water partition coefficient (Wildman–Crippen LogP) is 4.88. The van der Waals surface area contributed by atoms with Crippen molar-refractivity contribution < 1.29 is 22.9 Å². The molecule has 0 unspecified atom stereocenters. The summed E-state index contributed by atoms with van der Waals surface area (Å²) < 4.78 is 38.6. The van der Waals surface area contributed by atoms with Crippen LogP contribution in [0.3, 0.4) is 0 Å². The van der Waals surface area contributed by atoms with E-state index in [1.54, 1.807) is 23.1 Å². The van der Waals surface area contributed by atoms with Crippen molar-refractivity contribution in [1.29, 1.82) is 0 Å². The first kappa shape index (κ1) is 21.2. The van der Waals surface area contributed by atoms with E-state index in [4.69, 9.17) is 23.2 Å². The number of piperazine rings is 1. The van der Waals surface area contributed by atoms with Crippen LogP contribution in [-0.4, -0.2) is 41.9 Å². The van der Waals surface area contributed by atoms with Crippen LogP contribution in [0, 0.1) is 10.1 Å². The molecule has 0 atom stereocenters. The summed E-state index contributed by atoms with van der Waals surface area (Å²) in [5.74, 6) is -0.334. The molecule has 1 aliphatic rings. The van der Waals surface area contributed by atoms with E-state index in [2.05, 4.69) is 0 Å². The number of anilines is 1. The SMILES string of the molecule is O=C(c1cccc(Cl)c1Cl)N1CCN(c2ccc(C(F)(F)F)cc2[N+](=O)[O-])CC1. The largest absolute Gasteiger partial charge is 0.416 e. The van der Waals surface area contributed by atoms with Gasteiger partial charge in [-0.05, 0) is 24.3 Å². The monoisotopic (exact) mass is 447 g/mol. The smallest absolute Gasteiger partial charge is 0.362 e. The van der Waals surface area contributed by atoms with Crippen molar-refractivity contribution in [2.75, 3.05) is 31.1 Å². The molecule has 0 aromatic heterocycles. The minimum absolute atomic E-state index is 0.0795. The van der Waals surface area contributed by atoms with Gasteiger partial charge in [0.15, 0.2) is 0 Å². The number of carbonyl (C=O) groups is 1. The summed E-state index contributed by atoms with van der Waals surface area (Å²) in [7, 11) is 0. The lowest BCUT2D eigenvalue weighted by molar-refractivity contribution is -0.384. The number of hydrogen-bond donors (Lipinski definition) is 0. The Hall–Kier alpha value is -2.52. The number of nitrogens with zero attached hydrogens (tertiary/aromatic N) is 3. The molecule has 154 valence electrons. The van der Waals surface area contributed by atoms with Crippen molar-refractivity contribution >= 4 is 40.5 Å². The van der Waals surface area contributed by atoms with Crippen molar-refractivity contribution in [3.8, 4) is 0 Å². The molecule has 11 heteroatoms. The molecule has 0 bridgehead atoms. The summed E-state index contributed by atoms with van der Waals surface area (Å²) in [4.78, 5) is 26.2. The maximum Gasteiger partial charge on any atom is 0.416 e. The molecule has 1 heterocycles. The Morgan fingerprint density at radius 2 is 1.72 bits per heavy atom. The molecule has 3 rings (SSSR count). The van der Waals surface area contributed by atoms with Gasteiger partial charge in [-0.25, -0.2) is 0 Å². The molecule has 0 spiro atoms. The van der Waals surface area contributed by atoms with Crippen LogP contribution < -0.4 is 4.90 Å². The average Bonchev–Trinajstić information content (AvgIpc) is 2.68. The molecule has 6 nitrogen and oxygen atoms in total. The highest BCUT2D eigenvalue weighted by Gasteiger charge is 2.34. The maximum absolute atomic E-state index is 12.9. The third-order valence-corrected chi connectivity index (χ3v) is 5.41. The fraction of sp³-hybridized carbons (Fsp3) is 0.278. The maximum atomic E-state index is 12.9. The molecule has 1 fully saturated rings. The number of nitro benzene ring substituents is 1. The Labute approximate surface area is 173 Å². The van der Waals surface area contributed by atoms with Crippen LogP contribution >= 0.6 is 23.2 Å². The van der Waals surface area contributed by atoms with Gasteiger partial charge < -0.3 is 9.80 Å². The first-order valence-corrected chi connectivity index (χ1v) is 9.19. The van der Waals surface area contributed by atoms with Gasteiger partial charge in [0.1, 0.15) is 5.69 Å². The molecular weight excluding hydrogens is 434 g/mol. The van der Waals surface area contributed by atoms with E-state index < -0.39 is 22.4 Å². The van der Waals surface area contributed by atoms with Gasteiger partial charge in [-0.3, -0.25) is 14.9 Å². The fourth-order valence-corrected chi connectivity index (χ4v) is 3.48. The number of rotatable bonds is 3. The van der Waals surface area contributed by atoms with Crippen molar-refractivity contribution in [2.45, 2.75) is 6.18 Å². The van der Waals surface area contributed by atoms with Gasteiger partial charge in [0.25, 0.3) is 11.6 Å². The van der Waals surface area contributed by atoms with Crippen LogP contribution in [0.5, 0.6) is 0 Å². The van der Waals surface area contributed by atoms with Gasteiger partial charge in [-0.15, -0.1) is 0 Å². The summed E-state index contributed by atoms with van der Waals surface area (Å²) in [6.45, 7) is 0.881. The molecule has 2 aromatic carbocycles. The van der Waals surface area contributed by atoms with E-state index in [9.17, 15) is 28.1 Å². The number of halogens is 5. The third-order valence-electron chi connectivity index (χ3n) is 4.59. The second kappa shape index (κ2) is 8.08. The molecule has 0 radical (unpaired) electrons. The van der Waals surface area contributed by atoms with Crippen LogP contribution in [0.2, 0.25) is 10.0 Å². The first-order chi connectivity index (χ1) is 13.6. The zero-order valence-corrected chi connectivity index (χ0v) is 16.3. The highest BCUT2D eigenvalue weighted by molar-refractivity contribution is 6.43.